The van der Waals surface area contributed by atoms with E-state index in [1.807, 2.05) is 92.7 Å². The molecule has 0 saturated carbocycles. The molecule has 0 aliphatic rings. The molecule has 184 valence electrons. The first-order valence-electron chi connectivity index (χ1n) is 11.9. The van der Waals surface area contributed by atoms with Crippen LogP contribution >= 0.6 is 11.8 Å². The number of carbonyl (C=O) groups is 2. The lowest BCUT2D eigenvalue weighted by Gasteiger charge is -2.31. The van der Waals surface area contributed by atoms with Crippen molar-refractivity contribution >= 4 is 23.6 Å². The Labute approximate surface area is 212 Å². The average Bonchev–Trinajstić information content (AvgIpc) is 2.89. The Hall–Kier alpha value is -3.25. The fraction of sp³-hybridized carbons (Fsp3) is 0.310. The molecule has 5 nitrogen and oxygen atoms in total. The molecule has 1 atom stereocenters. The van der Waals surface area contributed by atoms with Gasteiger partial charge in [-0.3, -0.25) is 9.59 Å². The number of thioether (sulfide) groups is 1. The molecule has 0 bridgehead atoms. The average molecular weight is 491 g/mol. The molecule has 0 aliphatic carbocycles. The van der Waals surface area contributed by atoms with E-state index < -0.39 is 6.04 Å². The monoisotopic (exact) mass is 490 g/mol. The van der Waals surface area contributed by atoms with E-state index in [-0.39, 0.29) is 17.6 Å². The largest absolute Gasteiger partial charge is 0.497 e. The van der Waals surface area contributed by atoms with Gasteiger partial charge < -0.3 is 15.0 Å². The summed E-state index contributed by atoms with van der Waals surface area (Å²) in [6.45, 7) is 4.95. The molecule has 3 rings (SSSR count). The summed E-state index contributed by atoms with van der Waals surface area (Å²) in [6.07, 6.45) is 1.28. The van der Waals surface area contributed by atoms with Crippen molar-refractivity contribution in [1.29, 1.82) is 0 Å². The van der Waals surface area contributed by atoms with Crippen LogP contribution in [0.25, 0.3) is 0 Å². The Bertz CT molecular complexity index is 1090. The first-order chi connectivity index (χ1) is 17.0. The third-order valence-corrected chi connectivity index (χ3v) is 6.69. The first kappa shape index (κ1) is 26.4. The number of ether oxygens (including phenoxy) is 1. The van der Waals surface area contributed by atoms with E-state index in [9.17, 15) is 9.59 Å². The Morgan fingerprint density at radius 3 is 2.37 bits per heavy atom. The highest BCUT2D eigenvalue weighted by atomic mass is 32.2. The van der Waals surface area contributed by atoms with Crippen molar-refractivity contribution in [3.05, 3.63) is 95.6 Å². The zero-order valence-electron chi connectivity index (χ0n) is 20.7. The second kappa shape index (κ2) is 13.6. The maximum atomic E-state index is 13.6. The minimum absolute atomic E-state index is 0.0778. The lowest BCUT2D eigenvalue weighted by atomic mass is 10.0. The Morgan fingerprint density at radius 1 is 0.971 bits per heavy atom. The van der Waals surface area contributed by atoms with Crippen LogP contribution in [0.1, 0.15) is 30.0 Å². The number of rotatable bonds is 12. The Morgan fingerprint density at radius 2 is 1.69 bits per heavy atom. The third kappa shape index (κ3) is 8.18. The number of methoxy groups -OCH3 is 1. The molecular formula is C29H34N2O3S. The Balaban J connectivity index is 1.89. The maximum Gasteiger partial charge on any atom is 0.243 e. The fourth-order valence-corrected chi connectivity index (χ4v) is 4.53. The summed E-state index contributed by atoms with van der Waals surface area (Å²) in [4.78, 5) is 29.7. The standard InChI is InChI=1S/C29H34N2O3S/c1-4-17-30-29(33)27(19-23-9-6-5-7-10-23)31(20-24-11-8-12-25(18-24)34-3)28(32)21-35-26-15-13-22(2)14-16-26/h5-16,18,27H,4,17,19-21H2,1-3H3,(H,30,33)/t27-/m1/s1. The van der Waals surface area contributed by atoms with Crippen LogP contribution in [-0.2, 0) is 22.6 Å². The van der Waals surface area contributed by atoms with Crippen LogP contribution in [0.2, 0.25) is 0 Å². The van der Waals surface area contributed by atoms with E-state index in [4.69, 9.17) is 4.74 Å². The van der Waals surface area contributed by atoms with Gasteiger partial charge in [-0.2, -0.15) is 0 Å². The summed E-state index contributed by atoms with van der Waals surface area (Å²) in [5, 5.41) is 3.01. The molecule has 3 aromatic carbocycles. The molecule has 6 heteroatoms. The first-order valence-corrected chi connectivity index (χ1v) is 12.9. The highest BCUT2D eigenvalue weighted by Gasteiger charge is 2.30. The Kier molecular flexibility index (Phi) is 10.2. The van der Waals surface area contributed by atoms with Gasteiger partial charge in [-0.25, -0.2) is 0 Å². The molecule has 3 aromatic rings. The highest BCUT2D eigenvalue weighted by Crippen LogP contribution is 2.22. The number of hydrogen-bond donors (Lipinski definition) is 1. The smallest absolute Gasteiger partial charge is 0.243 e. The van der Waals surface area contributed by atoms with Gasteiger partial charge in [0.1, 0.15) is 11.8 Å². The SMILES string of the molecule is CCCNC(=O)[C@@H](Cc1ccccc1)N(Cc1cccc(OC)c1)C(=O)CSc1ccc(C)cc1. The minimum atomic E-state index is -0.624. The molecule has 1 N–H and O–H groups in total. The summed E-state index contributed by atoms with van der Waals surface area (Å²) in [5.74, 6) is 0.761. The molecule has 0 saturated heterocycles. The lowest BCUT2D eigenvalue weighted by molar-refractivity contribution is -0.139. The van der Waals surface area contributed by atoms with Crippen LogP contribution in [0.15, 0.2) is 83.8 Å². The van der Waals surface area contributed by atoms with Gasteiger partial charge in [0.15, 0.2) is 0 Å². The summed E-state index contributed by atoms with van der Waals surface area (Å²) in [7, 11) is 1.62. The van der Waals surface area contributed by atoms with Crippen LogP contribution in [0.5, 0.6) is 5.75 Å². The molecule has 0 aromatic heterocycles. The van der Waals surface area contributed by atoms with E-state index >= 15 is 0 Å². The predicted octanol–water partition coefficient (Wildman–Crippen LogP) is 5.26. The van der Waals surface area contributed by atoms with Crippen molar-refractivity contribution < 1.29 is 14.3 Å². The van der Waals surface area contributed by atoms with Crippen LogP contribution < -0.4 is 10.1 Å². The van der Waals surface area contributed by atoms with E-state index in [1.165, 1.54) is 17.3 Å². The van der Waals surface area contributed by atoms with Crippen LogP contribution in [0, 0.1) is 6.92 Å². The third-order valence-electron chi connectivity index (χ3n) is 5.69. The number of aryl methyl sites for hydroxylation is 1. The van der Waals surface area contributed by atoms with Gasteiger partial charge in [0.05, 0.1) is 12.9 Å². The van der Waals surface area contributed by atoms with Gasteiger partial charge in [-0.05, 0) is 48.7 Å². The molecule has 0 heterocycles. The summed E-state index contributed by atoms with van der Waals surface area (Å²) < 4.78 is 5.38. The molecule has 0 spiro atoms. The number of hydrogen-bond acceptors (Lipinski definition) is 4. The van der Waals surface area contributed by atoms with Crippen molar-refractivity contribution in [1.82, 2.24) is 10.2 Å². The lowest BCUT2D eigenvalue weighted by Crippen LogP contribution is -2.51. The van der Waals surface area contributed by atoms with Gasteiger partial charge in [-0.15, -0.1) is 11.8 Å². The van der Waals surface area contributed by atoms with Crippen LogP contribution in [-0.4, -0.2) is 42.2 Å². The van der Waals surface area contributed by atoms with Gasteiger partial charge >= 0.3 is 0 Å². The van der Waals surface area contributed by atoms with Gasteiger partial charge in [0, 0.05) is 24.4 Å². The normalized spacial score (nSPS) is 11.5. The molecule has 0 radical (unpaired) electrons. The van der Waals surface area contributed by atoms with Crippen molar-refractivity contribution in [2.24, 2.45) is 0 Å². The zero-order valence-corrected chi connectivity index (χ0v) is 21.5. The summed E-state index contributed by atoms with van der Waals surface area (Å²) in [6, 6.07) is 25.0. The zero-order chi connectivity index (χ0) is 25.0. The molecule has 0 fully saturated rings. The minimum Gasteiger partial charge on any atom is -0.497 e. The van der Waals surface area contributed by atoms with Crippen molar-refractivity contribution in [2.45, 2.75) is 44.2 Å². The molecule has 0 aliphatic heterocycles. The van der Waals surface area contributed by atoms with Crippen molar-refractivity contribution in [2.75, 3.05) is 19.4 Å². The molecule has 0 unspecified atom stereocenters. The van der Waals surface area contributed by atoms with Gasteiger partial charge in [-0.1, -0.05) is 67.1 Å². The molecule has 2 amide bonds. The second-order valence-electron chi connectivity index (χ2n) is 8.47. The molecular weight excluding hydrogens is 456 g/mol. The quantitative estimate of drug-likeness (QED) is 0.352. The van der Waals surface area contributed by atoms with Crippen LogP contribution in [0.3, 0.4) is 0 Å². The number of nitrogens with zero attached hydrogens (tertiary/aromatic N) is 1. The number of amides is 2. The van der Waals surface area contributed by atoms with Crippen LogP contribution in [0.4, 0.5) is 0 Å². The maximum absolute atomic E-state index is 13.6. The van der Waals surface area contributed by atoms with Crippen molar-refractivity contribution in [3.8, 4) is 5.75 Å². The topological polar surface area (TPSA) is 58.6 Å². The van der Waals surface area contributed by atoms with Gasteiger partial charge in [0.2, 0.25) is 11.8 Å². The number of carbonyl (C=O) groups excluding carboxylic acids is 2. The highest BCUT2D eigenvalue weighted by molar-refractivity contribution is 8.00. The summed E-state index contributed by atoms with van der Waals surface area (Å²) in [5.41, 5.74) is 3.11. The molecule has 35 heavy (non-hydrogen) atoms. The van der Waals surface area contributed by atoms with E-state index in [1.54, 1.807) is 12.0 Å². The number of nitrogens with one attached hydrogen (secondary N) is 1. The van der Waals surface area contributed by atoms with E-state index in [0.29, 0.717) is 19.5 Å². The number of benzene rings is 3. The summed E-state index contributed by atoms with van der Waals surface area (Å²) >= 11 is 1.49. The fourth-order valence-electron chi connectivity index (χ4n) is 3.75. The van der Waals surface area contributed by atoms with E-state index in [0.717, 1.165) is 28.2 Å². The van der Waals surface area contributed by atoms with E-state index in [2.05, 4.69) is 5.32 Å². The van der Waals surface area contributed by atoms with Gasteiger partial charge in [0.25, 0.3) is 0 Å². The second-order valence-corrected chi connectivity index (χ2v) is 9.52. The predicted molar refractivity (Wildman–Crippen MR) is 143 cm³/mol. The van der Waals surface area contributed by atoms with Crippen molar-refractivity contribution in [3.63, 3.8) is 0 Å².